The minimum Gasteiger partial charge on any atom is -0.462 e. The fraction of sp³-hybridized carbons (Fsp3) is 0.182. The van der Waals surface area contributed by atoms with Crippen LogP contribution in [0.4, 0.5) is 0 Å². The van der Waals surface area contributed by atoms with Crippen LogP contribution < -0.4 is 0 Å². The van der Waals surface area contributed by atoms with Crippen molar-refractivity contribution in [1.29, 1.82) is 0 Å². The second-order valence-electron chi connectivity index (χ2n) is 2.91. The van der Waals surface area contributed by atoms with Gasteiger partial charge in [0.15, 0.2) is 0 Å². The quantitative estimate of drug-likeness (QED) is 0.733. The highest BCUT2D eigenvalue weighted by Gasteiger charge is 2.06. The number of ether oxygens (including phenoxy) is 1. The number of rotatable bonds is 2. The molecule has 0 aliphatic heterocycles. The van der Waals surface area contributed by atoms with Gasteiger partial charge in [-0.1, -0.05) is 6.07 Å². The molecule has 0 aliphatic rings. The smallest absolute Gasteiger partial charge is 0.338 e. The predicted molar refractivity (Wildman–Crippen MR) is 53.1 cm³/mol. The lowest BCUT2D eigenvalue weighted by molar-refractivity contribution is 0.0526. The van der Waals surface area contributed by atoms with Gasteiger partial charge in [0.05, 0.1) is 12.2 Å². The first-order valence-electron chi connectivity index (χ1n) is 4.47. The molecule has 1 radical (unpaired) electrons. The molecule has 1 heterocycles. The number of H-pyrrole nitrogens is 1. The summed E-state index contributed by atoms with van der Waals surface area (Å²) in [6, 6.07) is 8.36. The highest BCUT2D eigenvalue weighted by Crippen LogP contribution is 2.14. The molecule has 0 bridgehead atoms. The van der Waals surface area contributed by atoms with E-state index in [1.165, 1.54) is 0 Å². The van der Waals surface area contributed by atoms with Crippen LogP contribution in [0.3, 0.4) is 0 Å². The molecule has 0 spiro atoms. The summed E-state index contributed by atoms with van der Waals surface area (Å²) < 4.78 is 4.89. The van der Waals surface area contributed by atoms with E-state index >= 15 is 0 Å². The van der Waals surface area contributed by atoms with Crippen molar-refractivity contribution in [3.63, 3.8) is 0 Å². The first-order valence-corrected chi connectivity index (χ1v) is 4.47. The molecule has 2 aromatic rings. The lowest BCUT2D eigenvalue weighted by Crippen LogP contribution is -2.03. The number of nitrogens with one attached hydrogen (secondary N) is 1. The van der Waals surface area contributed by atoms with Crippen molar-refractivity contribution in [3.05, 3.63) is 36.0 Å². The molecular weight excluding hydrogens is 178 g/mol. The van der Waals surface area contributed by atoms with Crippen molar-refractivity contribution >= 4 is 16.9 Å². The fourth-order valence-electron chi connectivity index (χ4n) is 1.32. The molecular formula is C11H10NO2. The van der Waals surface area contributed by atoms with E-state index in [2.05, 4.69) is 11.1 Å². The summed E-state index contributed by atoms with van der Waals surface area (Å²) in [6.07, 6.45) is 1.72. The van der Waals surface area contributed by atoms with E-state index in [-0.39, 0.29) is 5.97 Å². The van der Waals surface area contributed by atoms with E-state index in [1.807, 2.05) is 6.07 Å². The maximum atomic E-state index is 11.4. The summed E-state index contributed by atoms with van der Waals surface area (Å²) in [6.45, 7) is 2.19. The molecule has 0 saturated heterocycles. The van der Waals surface area contributed by atoms with Crippen LogP contribution in [0.25, 0.3) is 10.9 Å². The summed E-state index contributed by atoms with van der Waals surface area (Å²) in [5.74, 6) is -0.288. The summed E-state index contributed by atoms with van der Waals surface area (Å²) in [4.78, 5) is 14.4. The Kier molecular flexibility index (Phi) is 2.23. The van der Waals surface area contributed by atoms with Gasteiger partial charge in [-0.15, -0.1) is 0 Å². The Bertz CT molecular complexity index is 459. The third-order valence-electron chi connectivity index (χ3n) is 1.99. The standard InChI is InChI=1S/C11H10NO2/c1-2-14-11(13)9-4-3-8-5-6-12-10(8)7-9/h3-4,6-7,12H,2H2,1H3. The van der Waals surface area contributed by atoms with Crippen LogP contribution in [0.15, 0.2) is 24.4 Å². The highest BCUT2D eigenvalue weighted by molar-refractivity contribution is 5.94. The van der Waals surface area contributed by atoms with Crippen LogP contribution >= 0.6 is 0 Å². The molecule has 0 unspecified atom stereocenters. The summed E-state index contributed by atoms with van der Waals surface area (Å²) in [5, 5.41) is 0.970. The number of benzene rings is 1. The van der Waals surface area contributed by atoms with Gasteiger partial charge in [-0.05, 0) is 19.1 Å². The molecule has 0 fully saturated rings. The van der Waals surface area contributed by atoms with E-state index in [1.54, 1.807) is 25.3 Å². The van der Waals surface area contributed by atoms with E-state index < -0.39 is 0 Å². The third kappa shape index (κ3) is 1.48. The molecule has 0 amide bonds. The summed E-state index contributed by atoms with van der Waals surface area (Å²) >= 11 is 0. The van der Waals surface area contributed by atoms with Gasteiger partial charge in [-0.3, -0.25) is 0 Å². The lowest BCUT2D eigenvalue weighted by atomic mass is 10.2. The molecule has 3 nitrogen and oxygen atoms in total. The van der Waals surface area contributed by atoms with Crippen molar-refractivity contribution < 1.29 is 9.53 Å². The Balaban J connectivity index is 2.38. The number of carbonyl (C=O) groups is 1. The second kappa shape index (κ2) is 3.54. The van der Waals surface area contributed by atoms with Crippen LogP contribution in [0, 0.1) is 6.07 Å². The van der Waals surface area contributed by atoms with Gasteiger partial charge in [0.2, 0.25) is 0 Å². The first kappa shape index (κ1) is 8.81. The zero-order chi connectivity index (χ0) is 9.97. The number of aromatic amines is 1. The maximum Gasteiger partial charge on any atom is 0.338 e. The Hall–Kier alpha value is -1.77. The van der Waals surface area contributed by atoms with Crippen LogP contribution in [0.5, 0.6) is 0 Å². The van der Waals surface area contributed by atoms with Gasteiger partial charge in [0.1, 0.15) is 0 Å². The fourth-order valence-corrected chi connectivity index (χ4v) is 1.32. The van der Waals surface area contributed by atoms with Crippen LogP contribution in [0.2, 0.25) is 0 Å². The molecule has 1 aromatic carbocycles. The van der Waals surface area contributed by atoms with Gasteiger partial charge < -0.3 is 9.72 Å². The Labute approximate surface area is 81.7 Å². The molecule has 2 rings (SSSR count). The Morgan fingerprint density at radius 2 is 2.43 bits per heavy atom. The van der Waals surface area contributed by atoms with Crippen molar-refractivity contribution in [2.75, 3.05) is 6.61 Å². The monoisotopic (exact) mass is 188 g/mol. The SMILES string of the molecule is CCOC(=O)c1ccc2[c]c[nH]c2c1. The van der Waals surface area contributed by atoms with E-state index in [0.29, 0.717) is 12.2 Å². The predicted octanol–water partition coefficient (Wildman–Crippen LogP) is 2.14. The number of aromatic nitrogens is 1. The van der Waals surface area contributed by atoms with Crippen molar-refractivity contribution in [2.45, 2.75) is 6.92 Å². The van der Waals surface area contributed by atoms with Crippen LogP contribution in [0.1, 0.15) is 17.3 Å². The zero-order valence-corrected chi connectivity index (χ0v) is 7.83. The number of carbonyl (C=O) groups excluding carboxylic acids is 1. The van der Waals surface area contributed by atoms with Gasteiger partial charge >= 0.3 is 5.97 Å². The number of hydrogen-bond donors (Lipinski definition) is 1. The van der Waals surface area contributed by atoms with Crippen molar-refractivity contribution in [3.8, 4) is 0 Å². The molecule has 14 heavy (non-hydrogen) atoms. The second-order valence-corrected chi connectivity index (χ2v) is 2.91. The maximum absolute atomic E-state index is 11.4. The van der Waals surface area contributed by atoms with Gasteiger partial charge in [-0.2, -0.15) is 0 Å². The molecule has 1 aromatic heterocycles. The summed E-state index contributed by atoms with van der Waals surface area (Å²) in [5.41, 5.74) is 1.46. The highest BCUT2D eigenvalue weighted by atomic mass is 16.5. The minimum absolute atomic E-state index is 0.288. The van der Waals surface area contributed by atoms with Gasteiger partial charge in [-0.25, -0.2) is 4.79 Å². The lowest BCUT2D eigenvalue weighted by Gasteiger charge is -2.00. The van der Waals surface area contributed by atoms with Crippen LogP contribution in [-0.4, -0.2) is 17.6 Å². The molecule has 0 aliphatic carbocycles. The first-order chi connectivity index (χ1) is 6.81. The molecule has 71 valence electrons. The Morgan fingerprint density at radius 3 is 3.21 bits per heavy atom. The Morgan fingerprint density at radius 1 is 1.57 bits per heavy atom. The largest absolute Gasteiger partial charge is 0.462 e. The normalized spacial score (nSPS) is 10.4. The minimum atomic E-state index is -0.288. The van der Waals surface area contributed by atoms with Gasteiger partial charge in [0, 0.05) is 23.2 Å². The average molecular weight is 188 g/mol. The molecule has 0 atom stereocenters. The van der Waals surface area contributed by atoms with E-state index in [0.717, 1.165) is 10.9 Å². The average Bonchev–Trinajstić information content (AvgIpc) is 2.64. The molecule has 1 N–H and O–H groups in total. The molecule has 0 saturated carbocycles. The van der Waals surface area contributed by atoms with Crippen LogP contribution in [-0.2, 0) is 4.74 Å². The zero-order valence-electron chi connectivity index (χ0n) is 7.83. The topological polar surface area (TPSA) is 42.1 Å². The van der Waals surface area contributed by atoms with Gasteiger partial charge in [0.25, 0.3) is 0 Å². The number of hydrogen-bond acceptors (Lipinski definition) is 2. The number of fused-ring (bicyclic) bond motifs is 1. The van der Waals surface area contributed by atoms with E-state index in [4.69, 9.17) is 4.74 Å². The van der Waals surface area contributed by atoms with E-state index in [9.17, 15) is 4.79 Å². The summed E-state index contributed by atoms with van der Waals surface area (Å²) in [7, 11) is 0. The van der Waals surface area contributed by atoms with Crippen molar-refractivity contribution in [1.82, 2.24) is 4.98 Å². The number of esters is 1. The van der Waals surface area contributed by atoms with Crippen molar-refractivity contribution in [2.24, 2.45) is 0 Å². The molecule has 3 heteroatoms. The third-order valence-corrected chi connectivity index (χ3v) is 1.99.